The van der Waals surface area contributed by atoms with Gasteiger partial charge < -0.3 is 46.7 Å². The highest BCUT2D eigenvalue weighted by Gasteiger charge is 2.72. The van der Waals surface area contributed by atoms with E-state index in [0.29, 0.717) is 67.1 Å². The van der Waals surface area contributed by atoms with Gasteiger partial charge in [0.15, 0.2) is 11.2 Å². The number of thioether (sulfide) groups is 1. The Labute approximate surface area is 550 Å². The van der Waals surface area contributed by atoms with Crippen molar-refractivity contribution < 1.29 is 62.8 Å². The Morgan fingerprint density at radius 2 is 1.08 bits per heavy atom. The minimum absolute atomic E-state index is 0.00973. The monoisotopic (exact) mass is 1310 g/mol. The quantitative estimate of drug-likeness (QED) is 0.0482. The maximum atomic E-state index is 14.0. The molecular formula is C69H85N9O13S2. The molecule has 0 aliphatic heterocycles. The molecule has 0 bridgehead atoms. The zero-order chi connectivity index (χ0) is 67.1. The molecule has 93 heavy (non-hydrogen) atoms. The van der Waals surface area contributed by atoms with Gasteiger partial charge in [0, 0.05) is 60.7 Å². The van der Waals surface area contributed by atoms with Crippen molar-refractivity contribution in [2.45, 2.75) is 155 Å². The predicted molar refractivity (Wildman–Crippen MR) is 349 cm³/mol. The number of ether oxygens (including phenoxy) is 2. The van der Waals surface area contributed by atoms with E-state index in [1.807, 2.05) is 47.7 Å². The van der Waals surface area contributed by atoms with E-state index in [4.69, 9.17) is 31.1 Å². The number of esters is 2. The number of carbonyl (C=O) groups is 9. The van der Waals surface area contributed by atoms with Crippen molar-refractivity contribution in [1.82, 2.24) is 35.1 Å². The number of hydrogen-bond donors (Lipinski definition) is 7. The van der Waals surface area contributed by atoms with Gasteiger partial charge in [0.2, 0.25) is 22.0 Å². The van der Waals surface area contributed by atoms with Crippen molar-refractivity contribution >= 4 is 87.6 Å². The number of aromatic nitrogens is 4. The molecule has 0 unspecified atom stereocenters. The van der Waals surface area contributed by atoms with Crippen molar-refractivity contribution in [1.29, 1.82) is 0 Å². The number of fused-ring (bicyclic) bond motifs is 12. The summed E-state index contributed by atoms with van der Waals surface area (Å²) in [5.41, 5.74) is 14.0. The highest BCUT2D eigenvalue weighted by molar-refractivity contribution is 8.26. The number of aliphatic hydroxyl groups is 2. The van der Waals surface area contributed by atoms with Crippen LogP contribution in [0.4, 0.5) is 4.79 Å². The van der Waals surface area contributed by atoms with Crippen LogP contribution in [0.15, 0.2) is 72.1 Å². The van der Waals surface area contributed by atoms with Gasteiger partial charge in [-0.05, 0) is 183 Å². The van der Waals surface area contributed by atoms with Crippen molar-refractivity contribution in [3.05, 3.63) is 106 Å². The van der Waals surface area contributed by atoms with Gasteiger partial charge in [0.25, 0.3) is 17.1 Å². The molecule has 2 aromatic carbocycles. The second kappa shape index (κ2) is 25.1. The number of nitrogens with one attached hydrogen (secondary N) is 2. The number of nitrogens with zero attached hydrogens (tertiary/aromatic N) is 5. The minimum atomic E-state index is -1.50. The molecule has 2 aromatic heterocycles. The summed E-state index contributed by atoms with van der Waals surface area (Å²) in [6, 6.07) is 14.1. The van der Waals surface area contributed by atoms with Crippen molar-refractivity contribution in [3.63, 3.8) is 0 Å². The standard InChI is InChI=1S/C36H45N5O7S.C33H40N4O6S/c1-6-29(44)48-36(32(46)49-33(47)40(4)5)13-12-25-24-11-10-22-15-26-21(16-34(22,2)30(24)27(42)17-35(25,36)3)18-39-41(26)23-9-7-8-20(14-23)31(45)38-19-28(37)43;1-4-27(40)43-33(30(42)44)11-10-23-22-9-8-20-13-24-19(14-31(20,2)28(22)25(38)15-32(23,33)3)16-36-37(24)21-7-5-6-18(12-21)29(41)35-17-26(34)39/h7-9,14-15,18,24-25,27,30,42H,6,10-13,16-17,19H2,1-5H3,(H2,37,43)(H,38,45);5-7,12-13,16,22-23,25,28,38H,4,8-11,14-15,17H2,1-3H3,(H2,34,39)(H,35,41)(H,42,44)/t24-,25-,27-,30+,34-,35-,36-;22-,23-,25-,28+,31-,32-,33-/m00/s1. The summed E-state index contributed by atoms with van der Waals surface area (Å²) >= 11 is 4.83. The fourth-order valence-corrected chi connectivity index (χ4v) is 20.0. The summed E-state index contributed by atoms with van der Waals surface area (Å²) in [6.45, 7) is 11.4. The number of amides is 5. The summed E-state index contributed by atoms with van der Waals surface area (Å²) in [5, 5.41) is 37.2. The van der Waals surface area contributed by atoms with Gasteiger partial charge in [-0.3, -0.25) is 43.2 Å². The Bertz CT molecular complexity index is 3820. The fraction of sp³-hybridized carbons (Fsp3) is 0.551. The number of allylic oxidation sites excluding steroid dienone is 2. The molecule has 496 valence electrons. The number of rotatable bonds is 14. The third kappa shape index (κ3) is 11.2. The van der Waals surface area contributed by atoms with Crippen LogP contribution in [0.1, 0.15) is 162 Å². The fourth-order valence-electron chi connectivity index (χ4n) is 18.7. The highest BCUT2D eigenvalue weighted by atomic mass is 32.2. The molecule has 0 radical (unpaired) electrons. The van der Waals surface area contributed by atoms with Crippen LogP contribution in [-0.2, 0) is 51.1 Å². The number of benzene rings is 2. The lowest BCUT2D eigenvalue weighted by atomic mass is 9.45. The van der Waals surface area contributed by atoms with Gasteiger partial charge in [0.05, 0.1) is 60.5 Å². The first-order chi connectivity index (χ1) is 44.0. The molecule has 0 saturated heterocycles. The molecule has 22 nitrogen and oxygen atoms in total. The number of thiol groups is 1. The maximum absolute atomic E-state index is 14.0. The predicted octanol–water partition coefficient (Wildman–Crippen LogP) is 7.26. The van der Waals surface area contributed by atoms with E-state index < -0.39 is 85.3 Å². The molecule has 4 aromatic rings. The van der Waals surface area contributed by atoms with Gasteiger partial charge in [-0.1, -0.05) is 64.8 Å². The zero-order valence-corrected chi connectivity index (χ0v) is 55.7. The highest BCUT2D eigenvalue weighted by Crippen LogP contribution is 2.71. The summed E-state index contributed by atoms with van der Waals surface area (Å²) in [7, 11) is 3.16. The van der Waals surface area contributed by atoms with Crippen LogP contribution in [0.5, 0.6) is 0 Å². The van der Waals surface area contributed by atoms with E-state index in [1.165, 1.54) is 16.0 Å². The number of aliphatic hydroxyl groups excluding tert-OH is 2. The van der Waals surface area contributed by atoms with Gasteiger partial charge in [-0.2, -0.15) is 10.2 Å². The summed E-state index contributed by atoms with van der Waals surface area (Å²) in [6.07, 6.45) is 14.4. The topological polar surface area (TPSA) is 328 Å². The van der Waals surface area contributed by atoms with Gasteiger partial charge in [0.1, 0.15) is 0 Å². The first kappa shape index (κ1) is 67.0. The van der Waals surface area contributed by atoms with Crippen molar-refractivity contribution in [3.8, 4) is 11.4 Å². The van der Waals surface area contributed by atoms with Gasteiger partial charge in [-0.15, -0.1) is 12.6 Å². The molecule has 8 aliphatic carbocycles. The van der Waals surface area contributed by atoms with Gasteiger partial charge in [-0.25, -0.2) is 9.36 Å². The van der Waals surface area contributed by atoms with E-state index in [0.717, 1.165) is 60.3 Å². The van der Waals surface area contributed by atoms with E-state index in [-0.39, 0.29) is 78.7 Å². The first-order valence-corrected chi connectivity index (χ1v) is 33.6. The smallest absolute Gasteiger partial charge is 0.306 e. The zero-order valence-electron chi connectivity index (χ0n) is 54.0. The summed E-state index contributed by atoms with van der Waals surface area (Å²) < 4.78 is 15.7. The average molecular weight is 1310 g/mol. The Morgan fingerprint density at radius 1 is 0.656 bits per heavy atom. The van der Waals surface area contributed by atoms with Crippen molar-refractivity contribution in [2.24, 2.45) is 68.6 Å². The Morgan fingerprint density at radius 3 is 1.48 bits per heavy atom. The van der Waals surface area contributed by atoms with Crippen LogP contribution >= 0.6 is 24.4 Å². The minimum Gasteiger partial charge on any atom is -0.449 e. The lowest BCUT2D eigenvalue weighted by molar-refractivity contribution is -0.196. The van der Waals surface area contributed by atoms with Crippen LogP contribution in [0.3, 0.4) is 0 Å². The molecular weight excluding hydrogens is 1230 g/mol. The summed E-state index contributed by atoms with van der Waals surface area (Å²) in [5.74, 6) is -2.71. The molecule has 2 heterocycles. The van der Waals surface area contributed by atoms with Crippen LogP contribution in [0.25, 0.3) is 23.5 Å². The van der Waals surface area contributed by atoms with E-state index in [9.17, 15) is 53.4 Å². The van der Waals surface area contributed by atoms with E-state index >= 15 is 0 Å². The third-order valence-electron chi connectivity index (χ3n) is 23.0. The molecule has 12 rings (SSSR count). The molecule has 6 saturated carbocycles. The largest absolute Gasteiger partial charge is 0.449 e. The molecule has 5 amide bonds. The molecule has 14 atom stereocenters. The first-order valence-electron chi connectivity index (χ1n) is 32.4. The number of carbonyl (C=O) groups excluding carboxylic acids is 9. The molecule has 0 spiro atoms. The number of hydrogen-bond acceptors (Lipinski definition) is 16. The van der Waals surface area contributed by atoms with Gasteiger partial charge >= 0.3 is 11.9 Å². The SMILES string of the molecule is CCC(=O)O[C@]1(C(=O)S)CC[C@H]2[C@@H]3CCC4=Cc5c(cnn5-c5cccc(C(=O)NCC(N)=O)c5)C[C@]4(C)[C@H]3[C@@H](O)C[C@@]21C.CCC(=O)O[C@]1(C(=O)SC(=O)N(C)C)CC[C@H]2[C@@H]3CCC4=Cc5c(cnn5-c5cccc(C(=O)NCC(N)=O)c5)C[C@]4(C)[C@H]3[C@@H](O)C[C@@]21C. The van der Waals surface area contributed by atoms with Crippen LogP contribution in [-0.4, -0.2) is 136 Å². The molecule has 24 heteroatoms. The van der Waals surface area contributed by atoms with Crippen LogP contribution < -0.4 is 22.1 Å². The van der Waals surface area contributed by atoms with Crippen molar-refractivity contribution in [2.75, 3.05) is 27.2 Å². The number of nitrogens with two attached hydrogens (primary N) is 2. The summed E-state index contributed by atoms with van der Waals surface area (Å²) in [4.78, 5) is 114. The van der Waals surface area contributed by atoms with Crippen LogP contribution in [0, 0.1) is 57.2 Å². The van der Waals surface area contributed by atoms with E-state index in [1.54, 1.807) is 64.3 Å². The Balaban J connectivity index is 0.000000191. The number of primary amides is 2. The second-order valence-electron chi connectivity index (χ2n) is 28.1. The lowest BCUT2D eigenvalue weighted by Crippen LogP contribution is -2.62. The van der Waals surface area contributed by atoms with E-state index in [2.05, 4.69) is 49.3 Å². The third-order valence-corrected chi connectivity index (χ3v) is 24.4. The maximum Gasteiger partial charge on any atom is 0.306 e. The Hall–Kier alpha value is -7.41. The average Bonchev–Trinajstić information content (AvgIpc) is 1.65. The molecule has 6 fully saturated rings. The second-order valence-corrected chi connectivity index (χ2v) is 29.5. The lowest BCUT2D eigenvalue weighted by Gasteiger charge is -2.60. The normalized spacial score (nSPS) is 32.4. The van der Waals surface area contributed by atoms with Crippen LogP contribution in [0.2, 0.25) is 0 Å². The molecule has 8 aliphatic rings. The molecule has 8 N–H and O–H groups in total. The Kier molecular flexibility index (Phi) is 18.1.